The molecule has 2 heterocycles. The molecule has 0 unspecified atom stereocenters. The van der Waals surface area contributed by atoms with E-state index in [1.807, 2.05) is 0 Å². The van der Waals surface area contributed by atoms with Crippen LogP contribution in [-0.4, -0.2) is 22.9 Å². The van der Waals surface area contributed by atoms with Crippen LogP contribution < -0.4 is 4.90 Å². The second-order valence-corrected chi connectivity index (χ2v) is 7.00. The first-order chi connectivity index (χ1) is 13.9. The fraction of sp³-hybridized carbons (Fsp3) is 0.143. The molecule has 0 fully saturated rings. The largest absolute Gasteiger partial charge is 0.457 e. The summed E-state index contributed by atoms with van der Waals surface area (Å²) in [6.45, 7) is 3.49. The fourth-order valence-electron chi connectivity index (χ4n) is 3.12. The molecule has 0 saturated carbocycles. The van der Waals surface area contributed by atoms with Gasteiger partial charge in [0.05, 0.1) is 33.6 Å². The number of hydrogen-bond donors (Lipinski definition) is 0. The minimum Gasteiger partial charge on any atom is -0.457 e. The predicted molar refractivity (Wildman–Crippen MR) is 104 cm³/mol. The number of nitrogens with zero attached hydrogens (tertiary/aromatic N) is 2. The van der Waals surface area contributed by atoms with Gasteiger partial charge >= 0.3 is 5.97 Å². The number of carbonyl (C=O) groups is 3. The maximum atomic E-state index is 12.8. The van der Waals surface area contributed by atoms with Crippen LogP contribution in [0.3, 0.4) is 0 Å². The van der Waals surface area contributed by atoms with E-state index >= 15 is 0 Å². The number of ether oxygens (including phenoxy) is 1. The number of aryl methyl sites for hydroxylation is 2. The summed E-state index contributed by atoms with van der Waals surface area (Å²) in [7, 11) is 0. The number of amides is 2. The maximum absolute atomic E-state index is 12.8. The van der Waals surface area contributed by atoms with Crippen LogP contribution >= 0.6 is 11.6 Å². The molecule has 0 aliphatic carbocycles. The number of esters is 1. The minimum absolute atomic E-state index is 0.000855. The lowest BCUT2D eigenvalue weighted by atomic mass is 10.1. The molecule has 8 heteroatoms. The molecule has 0 saturated heterocycles. The summed E-state index contributed by atoms with van der Waals surface area (Å²) in [4.78, 5) is 39.0. The van der Waals surface area contributed by atoms with E-state index in [2.05, 4.69) is 5.16 Å². The van der Waals surface area contributed by atoms with Gasteiger partial charge in [-0.15, -0.1) is 0 Å². The van der Waals surface area contributed by atoms with E-state index in [0.717, 1.165) is 4.90 Å². The molecule has 0 atom stereocenters. The van der Waals surface area contributed by atoms with Gasteiger partial charge in [-0.05, 0) is 56.3 Å². The number of benzene rings is 2. The van der Waals surface area contributed by atoms with Gasteiger partial charge in [-0.3, -0.25) is 9.59 Å². The molecular formula is C21H15ClN2O5. The van der Waals surface area contributed by atoms with Gasteiger partial charge in [0.1, 0.15) is 12.4 Å². The Balaban J connectivity index is 1.57. The standard InChI is InChI=1S/C21H15ClN2O5/c1-11-18(12(2)29-23-11)10-28-21(27)13-3-8-16-17(9-13)20(26)24(19(16)25)15-6-4-14(22)5-7-15/h3-9H,10H2,1-2H3. The van der Waals surface area contributed by atoms with Crippen molar-refractivity contribution in [3.63, 3.8) is 0 Å². The Morgan fingerprint density at radius 1 is 1.07 bits per heavy atom. The molecule has 3 aromatic rings. The monoisotopic (exact) mass is 410 g/mol. The summed E-state index contributed by atoms with van der Waals surface area (Å²) in [5.41, 5.74) is 2.30. The Morgan fingerprint density at radius 2 is 1.76 bits per heavy atom. The van der Waals surface area contributed by atoms with Crippen LogP contribution in [0.2, 0.25) is 5.02 Å². The average molecular weight is 411 g/mol. The van der Waals surface area contributed by atoms with Gasteiger partial charge in [0.2, 0.25) is 0 Å². The van der Waals surface area contributed by atoms with E-state index in [9.17, 15) is 14.4 Å². The highest BCUT2D eigenvalue weighted by molar-refractivity contribution is 6.35. The Hall–Kier alpha value is -3.45. The van der Waals surface area contributed by atoms with Gasteiger partial charge in [-0.1, -0.05) is 16.8 Å². The molecule has 1 aromatic heterocycles. The van der Waals surface area contributed by atoms with Crippen molar-refractivity contribution in [1.29, 1.82) is 0 Å². The van der Waals surface area contributed by atoms with Crippen LogP contribution in [0.5, 0.6) is 0 Å². The van der Waals surface area contributed by atoms with Crippen LogP contribution in [-0.2, 0) is 11.3 Å². The number of carbonyl (C=O) groups excluding carboxylic acids is 3. The zero-order chi connectivity index (χ0) is 20.7. The van der Waals surface area contributed by atoms with Gasteiger partial charge in [-0.25, -0.2) is 9.69 Å². The van der Waals surface area contributed by atoms with Crippen LogP contribution in [0.4, 0.5) is 5.69 Å². The molecule has 4 rings (SSSR count). The Morgan fingerprint density at radius 3 is 2.41 bits per heavy atom. The predicted octanol–water partition coefficient (Wildman–Crippen LogP) is 4.10. The molecule has 1 aliphatic rings. The van der Waals surface area contributed by atoms with Crippen molar-refractivity contribution in [2.75, 3.05) is 4.90 Å². The van der Waals surface area contributed by atoms with Gasteiger partial charge in [0.15, 0.2) is 0 Å². The molecule has 0 spiro atoms. The van der Waals surface area contributed by atoms with Crippen LogP contribution in [0, 0.1) is 13.8 Å². The maximum Gasteiger partial charge on any atom is 0.338 e. The number of fused-ring (bicyclic) bond motifs is 1. The third-order valence-corrected chi connectivity index (χ3v) is 4.99. The molecule has 1 aliphatic heterocycles. The number of halogens is 1. The Bertz CT molecular complexity index is 1130. The lowest BCUT2D eigenvalue weighted by Crippen LogP contribution is -2.29. The van der Waals surface area contributed by atoms with Crippen molar-refractivity contribution in [2.24, 2.45) is 0 Å². The second-order valence-electron chi connectivity index (χ2n) is 6.56. The lowest BCUT2D eigenvalue weighted by Gasteiger charge is -2.13. The normalized spacial score (nSPS) is 13.0. The summed E-state index contributed by atoms with van der Waals surface area (Å²) < 4.78 is 10.4. The molecule has 2 amide bonds. The van der Waals surface area contributed by atoms with Crippen molar-refractivity contribution in [1.82, 2.24) is 5.16 Å². The van der Waals surface area contributed by atoms with Crippen LogP contribution in [0.1, 0.15) is 48.1 Å². The summed E-state index contributed by atoms with van der Waals surface area (Å²) >= 11 is 5.87. The van der Waals surface area contributed by atoms with E-state index in [0.29, 0.717) is 27.7 Å². The number of anilines is 1. The van der Waals surface area contributed by atoms with Crippen molar-refractivity contribution in [3.05, 3.63) is 81.2 Å². The molecular weight excluding hydrogens is 396 g/mol. The van der Waals surface area contributed by atoms with Gasteiger partial charge in [0, 0.05) is 5.02 Å². The first kappa shape index (κ1) is 18.9. The van der Waals surface area contributed by atoms with Gasteiger partial charge in [-0.2, -0.15) is 0 Å². The zero-order valence-electron chi connectivity index (χ0n) is 15.6. The number of hydrogen-bond acceptors (Lipinski definition) is 6. The molecule has 29 heavy (non-hydrogen) atoms. The van der Waals surface area contributed by atoms with Crippen molar-refractivity contribution >= 4 is 35.1 Å². The van der Waals surface area contributed by atoms with Gasteiger partial charge in [0.25, 0.3) is 11.8 Å². The van der Waals surface area contributed by atoms with E-state index < -0.39 is 17.8 Å². The smallest absolute Gasteiger partial charge is 0.338 e. The van der Waals surface area contributed by atoms with E-state index in [4.69, 9.17) is 20.9 Å². The molecule has 7 nitrogen and oxygen atoms in total. The summed E-state index contributed by atoms with van der Waals surface area (Å²) in [5.74, 6) is -1.00. The molecule has 0 bridgehead atoms. The zero-order valence-corrected chi connectivity index (χ0v) is 16.3. The quantitative estimate of drug-likeness (QED) is 0.475. The van der Waals surface area contributed by atoms with Crippen LogP contribution in [0.15, 0.2) is 47.0 Å². The SMILES string of the molecule is Cc1noc(C)c1COC(=O)c1ccc2c(c1)C(=O)N(c1ccc(Cl)cc1)C2=O. The topological polar surface area (TPSA) is 89.7 Å². The first-order valence-corrected chi connectivity index (χ1v) is 9.12. The first-order valence-electron chi connectivity index (χ1n) is 8.74. The highest BCUT2D eigenvalue weighted by atomic mass is 35.5. The number of aromatic nitrogens is 1. The highest BCUT2D eigenvalue weighted by Gasteiger charge is 2.37. The number of rotatable bonds is 4. The fourth-order valence-corrected chi connectivity index (χ4v) is 3.25. The van der Waals surface area contributed by atoms with Crippen molar-refractivity contribution in [3.8, 4) is 0 Å². The van der Waals surface area contributed by atoms with E-state index in [-0.39, 0.29) is 23.3 Å². The summed E-state index contributed by atoms with van der Waals surface area (Å²) in [5, 5.41) is 4.31. The average Bonchev–Trinajstić information content (AvgIpc) is 3.16. The molecule has 146 valence electrons. The highest BCUT2D eigenvalue weighted by Crippen LogP contribution is 2.30. The third kappa shape index (κ3) is 3.30. The van der Waals surface area contributed by atoms with E-state index in [1.54, 1.807) is 38.1 Å². The minimum atomic E-state index is -0.613. The van der Waals surface area contributed by atoms with Crippen LogP contribution in [0.25, 0.3) is 0 Å². The molecule has 0 radical (unpaired) electrons. The molecule has 0 N–H and O–H groups in total. The van der Waals surface area contributed by atoms with Crippen molar-refractivity contribution in [2.45, 2.75) is 20.5 Å². The van der Waals surface area contributed by atoms with E-state index in [1.165, 1.54) is 18.2 Å². The lowest BCUT2D eigenvalue weighted by molar-refractivity contribution is 0.0470. The summed E-state index contributed by atoms with van der Waals surface area (Å²) in [6, 6.07) is 10.7. The Labute approximate surface area is 170 Å². The van der Waals surface area contributed by atoms with Gasteiger partial charge < -0.3 is 9.26 Å². The molecule has 2 aromatic carbocycles. The second kappa shape index (κ2) is 7.18. The number of imide groups is 1. The third-order valence-electron chi connectivity index (χ3n) is 4.74. The van der Waals surface area contributed by atoms with Crippen molar-refractivity contribution < 1.29 is 23.6 Å². The Kier molecular flexibility index (Phi) is 4.68. The summed E-state index contributed by atoms with van der Waals surface area (Å²) in [6.07, 6.45) is 0.